The van der Waals surface area contributed by atoms with E-state index in [0.29, 0.717) is 18.6 Å². The molecule has 1 aliphatic rings. The predicted octanol–water partition coefficient (Wildman–Crippen LogP) is -9.39. The van der Waals surface area contributed by atoms with Gasteiger partial charge in [0, 0.05) is 30.3 Å². The standard InChI is InChI=1S/C20H23N7O7.2Li/c21-20-25-16-15(18(32)26-20)27(9-28)12(8-23-16)7-22-11-3-1-10(2-4-11)17(31)24-13(19(33)34)5-6-14(29)30;;/h1-4,9,12-13,22H,5-8H2,(H,24,31)(H,29,30)(H,33,34)(H4,21,23,25,26,32);;/q;2*+1/p-2. The molecule has 180 valence electrons. The van der Waals surface area contributed by atoms with Crippen LogP contribution < -0.4 is 80.1 Å². The summed E-state index contributed by atoms with van der Waals surface area (Å²) >= 11 is 0. The second-order valence-electron chi connectivity index (χ2n) is 7.41. The molecule has 0 bridgehead atoms. The van der Waals surface area contributed by atoms with E-state index in [2.05, 4.69) is 25.9 Å². The van der Waals surface area contributed by atoms with Crippen LogP contribution in [0.3, 0.4) is 0 Å². The average molecular weight is 485 g/mol. The van der Waals surface area contributed by atoms with Crippen LogP contribution in [0.15, 0.2) is 29.1 Å². The van der Waals surface area contributed by atoms with Crippen LogP contribution in [0, 0.1) is 0 Å². The second kappa shape index (κ2) is 13.6. The molecule has 16 heteroatoms. The Morgan fingerprint density at radius 3 is 2.47 bits per heavy atom. The number of benzene rings is 1. The molecule has 1 aromatic carbocycles. The Morgan fingerprint density at radius 2 is 1.89 bits per heavy atom. The van der Waals surface area contributed by atoms with E-state index in [1.165, 1.54) is 17.0 Å². The number of carbonyl (C=O) groups excluding carboxylic acids is 4. The van der Waals surface area contributed by atoms with Crippen LogP contribution >= 0.6 is 0 Å². The molecule has 2 amide bonds. The van der Waals surface area contributed by atoms with E-state index in [1.807, 2.05) is 0 Å². The fraction of sp³-hybridized carbons (Fsp3) is 0.300. The maximum absolute atomic E-state index is 12.3. The number of carbonyl (C=O) groups is 4. The number of hydrogen-bond donors (Lipinski definition) is 5. The first kappa shape index (κ1) is 30.6. The van der Waals surface area contributed by atoms with Crippen molar-refractivity contribution in [2.45, 2.75) is 24.9 Å². The molecule has 0 aliphatic carbocycles. The summed E-state index contributed by atoms with van der Waals surface area (Å²) in [6.07, 6.45) is -0.386. The fourth-order valence-corrected chi connectivity index (χ4v) is 3.38. The monoisotopic (exact) mass is 485 g/mol. The smallest absolute Gasteiger partial charge is 0.550 e. The number of carboxylic acid groups (broad SMARTS) is 2. The van der Waals surface area contributed by atoms with E-state index in [4.69, 9.17) is 5.73 Å². The maximum Gasteiger partial charge on any atom is 1.00 e. The number of carboxylic acids is 2. The van der Waals surface area contributed by atoms with E-state index < -0.39 is 41.9 Å². The van der Waals surface area contributed by atoms with Crippen molar-refractivity contribution >= 4 is 47.4 Å². The largest absolute Gasteiger partial charge is 1.00 e. The molecule has 1 aromatic heterocycles. The topological polar surface area (TPSA) is 225 Å². The van der Waals surface area contributed by atoms with Crippen LogP contribution in [0.1, 0.15) is 23.2 Å². The zero-order valence-electron chi connectivity index (χ0n) is 19.7. The van der Waals surface area contributed by atoms with Crippen LogP contribution in [0.2, 0.25) is 0 Å². The zero-order valence-corrected chi connectivity index (χ0v) is 19.7. The number of nitrogens with two attached hydrogens (primary N) is 1. The number of aliphatic carboxylic acids is 2. The minimum Gasteiger partial charge on any atom is -0.550 e. The molecule has 0 radical (unpaired) electrons. The van der Waals surface area contributed by atoms with Crippen molar-refractivity contribution in [2.24, 2.45) is 0 Å². The van der Waals surface area contributed by atoms with Crippen LogP contribution in [0.25, 0.3) is 0 Å². The molecule has 0 saturated carbocycles. The van der Waals surface area contributed by atoms with Crippen molar-refractivity contribution in [1.82, 2.24) is 15.3 Å². The third-order valence-corrected chi connectivity index (χ3v) is 5.10. The Hall–Kier alpha value is -3.43. The van der Waals surface area contributed by atoms with Gasteiger partial charge in [-0.15, -0.1) is 0 Å². The van der Waals surface area contributed by atoms with Gasteiger partial charge in [-0.2, -0.15) is 4.98 Å². The van der Waals surface area contributed by atoms with Gasteiger partial charge in [0.1, 0.15) is 0 Å². The van der Waals surface area contributed by atoms with Gasteiger partial charge in [-0.25, -0.2) is 0 Å². The predicted molar refractivity (Wildman–Crippen MR) is 116 cm³/mol. The third-order valence-electron chi connectivity index (χ3n) is 5.10. The number of nitrogens with one attached hydrogen (secondary N) is 4. The van der Waals surface area contributed by atoms with Crippen molar-refractivity contribution in [3.05, 3.63) is 40.2 Å². The first-order valence-electron chi connectivity index (χ1n) is 10.1. The van der Waals surface area contributed by atoms with Gasteiger partial charge in [-0.05, 0) is 37.1 Å². The summed E-state index contributed by atoms with van der Waals surface area (Å²) in [5.41, 5.74) is 5.75. The number of aromatic amines is 1. The Morgan fingerprint density at radius 1 is 1.22 bits per heavy atom. The number of hydrogen-bond acceptors (Lipinski definition) is 11. The minimum absolute atomic E-state index is 0. The molecule has 14 nitrogen and oxygen atoms in total. The van der Waals surface area contributed by atoms with Crippen molar-refractivity contribution in [3.8, 4) is 0 Å². The van der Waals surface area contributed by atoms with Crippen LogP contribution in [-0.2, 0) is 14.4 Å². The molecule has 0 saturated heterocycles. The molecule has 2 atom stereocenters. The molecule has 6 N–H and O–H groups in total. The van der Waals surface area contributed by atoms with E-state index in [-0.39, 0.29) is 73.7 Å². The summed E-state index contributed by atoms with van der Waals surface area (Å²) in [6.45, 7) is 0.544. The number of nitrogen functional groups attached to an aromatic ring is 1. The summed E-state index contributed by atoms with van der Waals surface area (Å²) < 4.78 is 0. The first-order chi connectivity index (χ1) is 16.2. The summed E-state index contributed by atoms with van der Waals surface area (Å²) in [6, 6.07) is 4.08. The van der Waals surface area contributed by atoms with Crippen molar-refractivity contribution < 1.29 is 67.1 Å². The van der Waals surface area contributed by atoms with Gasteiger partial charge in [0.15, 0.2) is 11.5 Å². The minimum atomic E-state index is -1.60. The van der Waals surface area contributed by atoms with E-state index in [0.717, 1.165) is 0 Å². The fourth-order valence-electron chi connectivity index (χ4n) is 3.38. The molecule has 0 spiro atoms. The summed E-state index contributed by atoms with van der Waals surface area (Å²) in [4.78, 5) is 65.4. The molecule has 2 heterocycles. The average Bonchev–Trinajstić information content (AvgIpc) is 2.79. The number of rotatable bonds is 10. The van der Waals surface area contributed by atoms with Crippen molar-refractivity contribution in [3.63, 3.8) is 0 Å². The van der Waals surface area contributed by atoms with Gasteiger partial charge >= 0.3 is 37.7 Å². The van der Waals surface area contributed by atoms with Crippen molar-refractivity contribution in [1.29, 1.82) is 0 Å². The molecular formula is C20H21Li2N7O7. The normalized spacial score (nSPS) is 14.6. The number of aromatic nitrogens is 2. The van der Waals surface area contributed by atoms with E-state index in [1.54, 1.807) is 12.1 Å². The Labute approximate surface area is 228 Å². The quantitative estimate of drug-likeness (QED) is 0.157. The Bertz CT molecular complexity index is 1160. The summed E-state index contributed by atoms with van der Waals surface area (Å²) in [5, 5.41) is 29.9. The van der Waals surface area contributed by atoms with E-state index >= 15 is 0 Å². The molecular weight excluding hydrogens is 464 g/mol. The molecule has 36 heavy (non-hydrogen) atoms. The first-order valence-corrected chi connectivity index (χ1v) is 10.1. The zero-order chi connectivity index (χ0) is 24.8. The number of anilines is 4. The Balaban J connectivity index is 0.00000324. The third kappa shape index (κ3) is 7.53. The molecule has 3 rings (SSSR count). The maximum atomic E-state index is 12.3. The molecule has 0 fully saturated rings. The molecule has 2 aromatic rings. The Kier molecular flexibility index (Phi) is 11.6. The van der Waals surface area contributed by atoms with Gasteiger partial charge < -0.3 is 46.4 Å². The second-order valence-corrected chi connectivity index (χ2v) is 7.41. The molecule has 2 unspecified atom stereocenters. The number of H-pyrrole nitrogens is 1. The SMILES string of the molecule is Nc1nc2c(c(=O)[nH]1)N(C=O)C(CNc1ccc(C(=O)NC(CCC(=O)[O-])C(=O)[O-])cc1)CN2.[Li+].[Li+]. The summed E-state index contributed by atoms with van der Waals surface area (Å²) in [5.74, 6) is -3.63. The number of amides is 2. The van der Waals surface area contributed by atoms with Gasteiger partial charge in [-0.3, -0.25) is 19.4 Å². The van der Waals surface area contributed by atoms with Gasteiger partial charge in [0.25, 0.3) is 11.5 Å². The summed E-state index contributed by atoms with van der Waals surface area (Å²) in [7, 11) is 0. The van der Waals surface area contributed by atoms with Gasteiger partial charge in [0.05, 0.1) is 18.1 Å². The van der Waals surface area contributed by atoms with Crippen LogP contribution in [0.4, 0.5) is 23.1 Å². The van der Waals surface area contributed by atoms with E-state index in [9.17, 15) is 34.2 Å². The van der Waals surface area contributed by atoms with Crippen LogP contribution in [-0.4, -0.2) is 59.4 Å². The van der Waals surface area contributed by atoms with Crippen LogP contribution in [0.5, 0.6) is 0 Å². The number of nitrogens with zero attached hydrogens (tertiary/aromatic N) is 2. The van der Waals surface area contributed by atoms with Gasteiger partial charge in [0.2, 0.25) is 12.4 Å². The van der Waals surface area contributed by atoms with Crippen molar-refractivity contribution in [2.75, 3.05) is 34.4 Å². The number of fused-ring (bicyclic) bond motifs is 1. The molecule has 1 aliphatic heterocycles. The van der Waals surface area contributed by atoms with Gasteiger partial charge in [-0.1, -0.05) is 0 Å².